The molecule has 90 valence electrons. The minimum Gasteiger partial charge on any atom is -0.393 e. The summed E-state index contributed by atoms with van der Waals surface area (Å²) in [5, 5.41) is 13.1. The van der Waals surface area contributed by atoms with Crippen LogP contribution >= 0.6 is 22.9 Å². The van der Waals surface area contributed by atoms with Crippen molar-refractivity contribution in [2.75, 3.05) is 0 Å². The van der Waals surface area contributed by atoms with Crippen LogP contribution in [-0.2, 0) is 12.8 Å². The van der Waals surface area contributed by atoms with Gasteiger partial charge in [0.15, 0.2) is 0 Å². The van der Waals surface area contributed by atoms with E-state index in [4.69, 9.17) is 11.6 Å². The van der Waals surface area contributed by atoms with Crippen LogP contribution in [0.3, 0.4) is 0 Å². The summed E-state index contributed by atoms with van der Waals surface area (Å²) in [7, 11) is 0. The second-order valence-electron chi connectivity index (χ2n) is 4.05. The van der Waals surface area contributed by atoms with Crippen LogP contribution < -0.4 is 0 Å². The van der Waals surface area contributed by atoms with Gasteiger partial charge in [-0.3, -0.25) is 0 Å². The Hall–Kier alpha value is -0.900. The van der Waals surface area contributed by atoms with E-state index < -0.39 is 0 Å². The highest BCUT2D eigenvalue weighted by Gasteiger charge is 2.07. The van der Waals surface area contributed by atoms with Gasteiger partial charge in [0.2, 0.25) is 0 Å². The summed E-state index contributed by atoms with van der Waals surface area (Å²) < 4.78 is 0. The average molecular weight is 268 g/mol. The normalized spacial score (nSPS) is 12.6. The monoisotopic (exact) mass is 267 g/mol. The average Bonchev–Trinajstić information content (AvgIpc) is 2.68. The molecule has 0 spiro atoms. The molecule has 1 atom stereocenters. The third-order valence-electron chi connectivity index (χ3n) is 2.40. The van der Waals surface area contributed by atoms with Crippen molar-refractivity contribution < 1.29 is 5.11 Å². The van der Waals surface area contributed by atoms with Crippen molar-refractivity contribution in [2.24, 2.45) is 0 Å². The zero-order valence-electron chi connectivity index (χ0n) is 9.56. The summed E-state index contributed by atoms with van der Waals surface area (Å²) in [5.41, 5.74) is 2.04. The van der Waals surface area contributed by atoms with Gasteiger partial charge in [-0.05, 0) is 18.6 Å². The number of thiazole rings is 1. The van der Waals surface area contributed by atoms with Crippen LogP contribution in [0, 0.1) is 0 Å². The van der Waals surface area contributed by atoms with E-state index in [1.54, 1.807) is 18.3 Å². The van der Waals surface area contributed by atoms with Crippen molar-refractivity contribution in [3.8, 4) is 0 Å². The fourth-order valence-electron chi connectivity index (χ4n) is 1.63. The molecule has 1 N–H and O–H groups in total. The Balaban J connectivity index is 2.09. The molecule has 17 heavy (non-hydrogen) atoms. The van der Waals surface area contributed by atoms with Gasteiger partial charge in [-0.1, -0.05) is 29.8 Å². The van der Waals surface area contributed by atoms with Gasteiger partial charge in [0, 0.05) is 23.2 Å². The molecule has 1 heterocycles. The zero-order valence-corrected chi connectivity index (χ0v) is 11.1. The maximum Gasteiger partial charge on any atom is 0.0972 e. The number of benzene rings is 1. The number of halogens is 1. The van der Waals surface area contributed by atoms with Crippen molar-refractivity contribution in [1.82, 2.24) is 4.98 Å². The van der Waals surface area contributed by atoms with Crippen LogP contribution in [0.2, 0.25) is 5.02 Å². The molecule has 2 nitrogen and oxygen atoms in total. The van der Waals surface area contributed by atoms with Crippen LogP contribution in [0.4, 0.5) is 0 Å². The molecule has 1 aromatic heterocycles. The number of hydrogen-bond acceptors (Lipinski definition) is 3. The van der Waals surface area contributed by atoms with E-state index in [1.807, 2.05) is 29.6 Å². The van der Waals surface area contributed by atoms with E-state index in [9.17, 15) is 5.11 Å². The predicted octanol–water partition coefficient (Wildman–Crippen LogP) is 3.31. The topological polar surface area (TPSA) is 33.1 Å². The maximum absolute atomic E-state index is 9.29. The smallest absolute Gasteiger partial charge is 0.0972 e. The molecule has 0 bridgehead atoms. The lowest BCUT2D eigenvalue weighted by molar-refractivity contribution is 0.194. The van der Waals surface area contributed by atoms with E-state index in [2.05, 4.69) is 4.98 Å². The number of hydrogen-bond donors (Lipinski definition) is 1. The van der Waals surface area contributed by atoms with Crippen molar-refractivity contribution in [2.45, 2.75) is 25.9 Å². The maximum atomic E-state index is 9.29. The minimum atomic E-state index is -0.342. The molecule has 2 rings (SSSR count). The lowest BCUT2D eigenvalue weighted by atomic mass is 10.1. The summed E-state index contributed by atoms with van der Waals surface area (Å²) >= 11 is 7.72. The number of aliphatic hydroxyl groups excluding tert-OH is 1. The first kappa shape index (κ1) is 12.6. The van der Waals surface area contributed by atoms with Gasteiger partial charge in [0.25, 0.3) is 0 Å². The molecule has 0 radical (unpaired) electrons. The fourth-order valence-corrected chi connectivity index (χ4v) is 2.66. The summed E-state index contributed by atoms with van der Waals surface area (Å²) in [6, 6.07) is 7.80. The third kappa shape index (κ3) is 3.53. The first-order chi connectivity index (χ1) is 8.15. The molecular formula is C13H14ClNOS. The van der Waals surface area contributed by atoms with Gasteiger partial charge in [0.05, 0.1) is 16.8 Å². The molecule has 0 aliphatic rings. The Bertz CT molecular complexity index is 496. The van der Waals surface area contributed by atoms with Crippen LogP contribution in [0.1, 0.15) is 23.2 Å². The Labute approximate surface area is 110 Å². The molecule has 0 saturated carbocycles. The fraction of sp³-hybridized carbons (Fsp3) is 0.308. The van der Waals surface area contributed by atoms with E-state index in [-0.39, 0.29) is 6.10 Å². The molecular weight excluding hydrogens is 254 g/mol. The predicted molar refractivity (Wildman–Crippen MR) is 71.8 cm³/mol. The first-order valence-electron chi connectivity index (χ1n) is 5.50. The van der Waals surface area contributed by atoms with Gasteiger partial charge < -0.3 is 5.11 Å². The van der Waals surface area contributed by atoms with E-state index >= 15 is 0 Å². The summed E-state index contributed by atoms with van der Waals surface area (Å²) in [6.45, 7) is 1.77. The molecule has 0 aliphatic heterocycles. The van der Waals surface area contributed by atoms with Gasteiger partial charge in [0.1, 0.15) is 0 Å². The molecule has 1 aromatic carbocycles. The highest BCUT2D eigenvalue weighted by atomic mass is 35.5. The molecule has 0 aliphatic carbocycles. The quantitative estimate of drug-likeness (QED) is 0.922. The second kappa shape index (κ2) is 5.63. The van der Waals surface area contributed by atoms with Crippen LogP contribution in [0.25, 0.3) is 0 Å². The zero-order chi connectivity index (χ0) is 12.3. The number of rotatable bonds is 4. The van der Waals surface area contributed by atoms with Crippen molar-refractivity contribution in [3.05, 3.63) is 50.9 Å². The molecule has 4 heteroatoms. The van der Waals surface area contributed by atoms with E-state index in [1.165, 1.54) is 0 Å². The Morgan fingerprint density at radius 2 is 2.18 bits per heavy atom. The summed E-state index contributed by atoms with van der Waals surface area (Å²) in [6.07, 6.45) is 1.02. The number of nitrogens with zero attached hydrogens (tertiary/aromatic N) is 1. The van der Waals surface area contributed by atoms with E-state index in [0.29, 0.717) is 6.42 Å². The Kier molecular flexibility index (Phi) is 4.15. The van der Waals surface area contributed by atoms with Crippen LogP contribution in [0.5, 0.6) is 0 Å². The highest BCUT2D eigenvalue weighted by molar-refractivity contribution is 7.09. The van der Waals surface area contributed by atoms with Gasteiger partial charge >= 0.3 is 0 Å². The largest absolute Gasteiger partial charge is 0.393 e. The van der Waals surface area contributed by atoms with Gasteiger partial charge in [-0.15, -0.1) is 11.3 Å². The van der Waals surface area contributed by atoms with Gasteiger partial charge in [-0.25, -0.2) is 4.98 Å². The number of aromatic nitrogens is 1. The Morgan fingerprint density at radius 3 is 2.88 bits per heavy atom. The van der Waals surface area contributed by atoms with Crippen molar-refractivity contribution in [3.63, 3.8) is 0 Å². The molecule has 0 amide bonds. The highest BCUT2D eigenvalue weighted by Crippen LogP contribution is 2.21. The van der Waals surface area contributed by atoms with Crippen LogP contribution in [-0.4, -0.2) is 16.2 Å². The van der Waals surface area contributed by atoms with Crippen molar-refractivity contribution >= 4 is 22.9 Å². The first-order valence-corrected chi connectivity index (χ1v) is 6.75. The van der Waals surface area contributed by atoms with Gasteiger partial charge in [-0.2, -0.15) is 0 Å². The standard InChI is InChI=1S/C13H14ClNOS/c1-9(16)6-11-8-17-13(15-11)7-10-4-2-3-5-12(10)14/h2-5,8-9,16H,6-7H2,1H3. The SMILES string of the molecule is CC(O)Cc1csc(Cc2ccccc2Cl)n1. The van der Waals surface area contributed by atoms with Crippen LogP contribution in [0.15, 0.2) is 29.6 Å². The summed E-state index contributed by atoms with van der Waals surface area (Å²) in [4.78, 5) is 4.49. The molecule has 0 saturated heterocycles. The van der Waals surface area contributed by atoms with E-state index in [0.717, 1.165) is 27.7 Å². The molecule has 1 unspecified atom stereocenters. The molecule has 2 aromatic rings. The van der Waals surface area contributed by atoms with Crippen molar-refractivity contribution in [1.29, 1.82) is 0 Å². The summed E-state index contributed by atoms with van der Waals surface area (Å²) in [5.74, 6) is 0. The number of aliphatic hydroxyl groups is 1. The lowest BCUT2D eigenvalue weighted by Crippen LogP contribution is -2.04. The third-order valence-corrected chi connectivity index (χ3v) is 3.67. The lowest BCUT2D eigenvalue weighted by Gasteiger charge is -2.01. The second-order valence-corrected chi connectivity index (χ2v) is 5.40. The molecule has 0 fully saturated rings. The Morgan fingerprint density at radius 1 is 1.41 bits per heavy atom. The minimum absolute atomic E-state index is 0.342.